The predicted molar refractivity (Wildman–Crippen MR) is 88.4 cm³/mol. The molecular weight excluding hydrogens is 415 g/mol. The molecule has 0 fully saturated rings. The van der Waals surface area contributed by atoms with Crippen LogP contribution in [0.1, 0.15) is 27.2 Å². The second kappa shape index (κ2) is 7.12. The number of hydrogen-bond donors (Lipinski definition) is 0. The first kappa shape index (κ1) is 17.4. The van der Waals surface area contributed by atoms with Gasteiger partial charge in [-0.05, 0) is 28.9 Å². The predicted octanol–water partition coefficient (Wildman–Crippen LogP) is 5.49. The Balaban J connectivity index is 4.05. The Hall–Kier alpha value is 1.42. The summed E-state index contributed by atoms with van der Waals surface area (Å²) in [6, 6.07) is 0. The standard InChI is InChI=1S/C10H20BBr3OSi/c1-10(2,3)16(4,5)15-8-6-7-9(12)11(13)14/h7H,6,8H2,1-5H3/b9-7-. The van der Waals surface area contributed by atoms with Crippen LogP contribution in [0.3, 0.4) is 0 Å². The highest BCUT2D eigenvalue weighted by molar-refractivity contribution is 9.50. The lowest BCUT2D eigenvalue weighted by atomic mass is 10.1. The highest BCUT2D eigenvalue weighted by atomic mass is 79.9. The Labute approximate surface area is 126 Å². The molecule has 0 radical (unpaired) electrons. The van der Waals surface area contributed by atoms with Gasteiger partial charge in [0.1, 0.15) is 0 Å². The second-order valence-electron chi connectivity index (χ2n) is 5.29. The molecule has 0 amide bonds. The van der Waals surface area contributed by atoms with Crippen molar-refractivity contribution in [1.82, 2.24) is 0 Å². The molecule has 0 aliphatic rings. The lowest BCUT2D eigenvalue weighted by Gasteiger charge is -2.36. The Bertz CT molecular complexity index is 249. The molecule has 0 atom stereocenters. The molecule has 6 heteroatoms. The van der Waals surface area contributed by atoms with E-state index in [2.05, 4.69) is 87.4 Å². The fourth-order valence-corrected chi connectivity index (χ4v) is 2.48. The van der Waals surface area contributed by atoms with E-state index in [0.29, 0.717) is 5.04 Å². The highest BCUT2D eigenvalue weighted by Gasteiger charge is 2.36. The zero-order chi connectivity index (χ0) is 13.0. The molecule has 0 saturated heterocycles. The molecule has 0 bridgehead atoms. The van der Waals surface area contributed by atoms with Crippen LogP contribution in [0.2, 0.25) is 18.1 Å². The van der Waals surface area contributed by atoms with Gasteiger partial charge in [0.05, 0.1) is 0 Å². The van der Waals surface area contributed by atoms with Gasteiger partial charge in [-0.3, -0.25) is 0 Å². The topological polar surface area (TPSA) is 9.23 Å². The molecule has 0 aliphatic carbocycles. The van der Waals surface area contributed by atoms with Gasteiger partial charge in [-0.1, -0.05) is 42.8 Å². The minimum absolute atomic E-state index is 0.202. The summed E-state index contributed by atoms with van der Waals surface area (Å²) < 4.78 is 7.39. The van der Waals surface area contributed by atoms with Crippen molar-refractivity contribution in [3.63, 3.8) is 0 Å². The van der Waals surface area contributed by atoms with E-state index < -0.39 is 8.32 Å². The Morgan fingerprint density at radius 2 is 1.81 bits per heavy atom. The molecule has 0 unspecified atom stereocenters. The first-order valence-corrected chi connectivity index (χ1v) is 10.9. The fraction of sp³-hybridized carbons (Fsp3) is 0.800. The van der Waals surface area contributed by atoms with E-state index in [1.807, 2.05) is 0 Å². The molecule has 0 spiro atoms. The molecule has 94 valence electrons. The fourth-order valence-electron chi connectivity index (χ4n) is 0.816. The Morgan fingerprint density at radius 3 is 2.19 bits per heavy atom. The summed E-state index contributed by atoms with van der Waals surface area (Å²) in [7, 11) is -1.57. The monoisotopic (exact) mass is 432 g/mol. The quantitative estimate of drug-likeness (QED) is 0.410. The smallest absolute Gasteiger partial charge is 0.336 e. The van der Waals surface area contributed by atoms with E-state index in [0.717, 1.165) is 17.4 Å². The third-order valence-electron chi connectivity index (χ3n) is 2.93. The van der Waals surface area contributed by atoms with Crippen LogP contribution in [0.4, 0.5) is 0 Å². The number of hydrogen-bond acceptors (Lipinski definition) is 1. The molecule has 1 nitrogen and oxygen atoms in total. The normalized spacial score (nSPS) is 14.1. The SMILES string of the molecule is CC(C)(C)[Si](C)(C)OCC/C=C(\Br)B(Br)Br. The van der Waals surface area contributed by atoms with Gasteiger partial charge >= 0.3 is 4.36 Å². The Kier molecular flexibility index (Phi) is 7.75. The van der Waals surface area contributed by atoms with Gasteiger partial charge in [-0.25, -0.2) is 0 Å². The average Bonchev–Trinajstić information content (AvgIpc) is 2.09. The largest absolute Gasteiger partial charge is 0.417 e. The van der Waals surface area contributed by atoms with Crippen molar-refractivity contribution in [3.8, 4) is 0 Å². The van der Waals surface area contributed by atoms with E-state index in [4.69, 9.17) is 4.43 Å². The maximum atomic E-state index is 6.07. The minimum Gasteiger partial charge on any atom is -0.417 e. The van der Waals surface area contributed by atoms with Gasteiger partial charge in [-0.15, -0.1) is 31.5 Å². The van der Waals surface area contributed by atoms with Crippen molar-refractivity contribution in [1.29, 1.82) is 0 Å². The van der Waals surface area contributed by atoms with Gasteiger partial charge < -0.3 is 4.43 Å². The van der Waals surface area contributed by atoms with Crippen molar-refractivity contribution >= 4 is 60.1 Å². The van der Waals surface area contributed by atoms with Crippen LogP contribution in [-0.2, 0) is 4.43 Å². The van der Waals surface area contributed by atoms with Gasteiger partial charge in [0.2, 0.25) is 0 Å². The molecule has 0 saturated carbocycles. The van der Waals surface area contributed by atoms with Crippen LogP contribution < -0.4 is 0 Å². The summed E-state index contributed by atoms with van der Waals surface area (Å²) in [4.78, 5) is 0. The molecule has 0 aromatic heterocycles. The summed E-state index contributed by atoms with van der Waals surface area (Å²) in [5, 5.41) is 0.293. The van der Waals surface area contributed by atoms with Crippen LogP contribution in [0.5, 0.6) is 0 Å². The maximum absolute atomic E-state index is 6.07. The van der Waals surface area contributed by atoms with Crippen LogP contribution in [0.25, 0.3) is 0 Å². The molecule has 0 aromatic carbocycles. The summed E-state index contributed by atoms with van der Waals surface area (Å²) in [6.07, 6.45) is 3.09. The highest BCUT2D eigenvalue weighted by Crippen LogP contribution is 2.36. The van der Waals surface area contributed by atoms with Crippen LogP contribution in [0.15, 0.2) is 10.5 Å². The molecule has 0 aliphatic heterocycles. The van der Waals surface area contributed by atoms with E-state index in [1.54, 1.807) is 0 Å². The average molecular weight is 435 g/mol. The van der Waals surface area contributed by atoms with Crippen LogP contribution in [0, 0.1) is 0 Å². The Morgan fingerprint density at radius 1 is 1.31 bits per heavy atom. The van der Waals surface area contributed by atoms with E-state index >= 15 is 0 Å². The van der Waals surface area contributed by atoms with E-state index in [-0.39, 0.29) is 4.36 Å². The third-order valence-corrected chi connectivity index (χ3v) is 10.5. The van der Waals surface area contributed by atoms with E-state index in [9.17, 15) is 0 Å². The molecule has 0 heterocycles. The lowest BCUT2D eigenvalue weighted by molar-refractivity contribution is 0.294. The van der Waals surface area contributed by atoms with Gasteiger partial charge in [0.25, 0.3) is 0 Å². The summed E-state index contributed by atoms with van der Waals surface area (Å²) in [6.45, 7) is 12.2. The van der Waals surface area contributed by atoms with Crippen molar-refractivity contribution < 1.29 is 4.43 Å². The van der Waals surface area contributed by atoms with Crippen molar-refractivity contribution in [2.75, 3.05) is 6.61 Å². The molecule has 0 aromatic rings. The molecule has 16 heavy (non-hydrogen) atoms. The third kappa shape index (κ3) is 6.38. The van der Waals surface area contributed by atoms with Crippen LogP contribution >= 0.6 is 47.4 Å². The zero-order valence-corrected chi connectivity index (χ0v) is 16.4. The maximum Gasteiger partial charge on any atom is 0.336 e. The first-order valence-electron chi connectivity index (χ1n) is 5.35. The van der Waals surface area contributed by atoms with E-state index in [1.165, 1.54) is 0 Å². The van der Waals surface area contributed by atoms with Gasteiger partial charge in [-0.2, -0.15) is 0 Å². The minimum atomic E-state index is -1.57. The first-order chi connectivity index (χ1) is 7.08. The van der Waals surface area contributed by atoms with Crippen molar-refractivity contribution in [2.45, 2.75) is 45.3 Å². The van der Waals surface area contributed by atoms with Crippen LogP contribution in [-0.4, -0.2) is 19.3 Å². The summed E-state index contributed by atoms with van der Waals surface area (Å²) >= 11 is 10.4. The van der Waals surface area contributed by atoms with Gasteiger partial charge in [0.15, 0.2) is 8.32 Å². The lowest BCUT2D eigenvalue weighted by Crippen LogP contribution is -2.40. The molecule has 0 rings (SSSR count). The number of rotatable bonds is 5. The van der Waals surface area contributed by atoms with Crippen molar-refractivity contribution in [2.24, 2.45) is 0 Å². The van der Waals surface area contributed by atoms with Gasteiger partial charge in [0, 0.05) is 6.61 Å². The summed E-state index contributed by atoms with van der Waals surface area (Å²) in [5.41, 5.74) is 0. The molecule has 0 N–H and O–H groups in total. The van der Waals surface area contributed by atoms with Crippen molar-refractivity contribution in [3.05, 3.63) is 10.5 Å². The number of halogens is 3. The second-order valence-corrected chi connectivity index (χ2v) is 14.1. The molecular formula is C10H20BBr3OSi. The zero-order valence-electron chi connectivity index (χ0n) is 10.6. The summed E-state index contributed by atoms with van der Waals surface area (Å²) in [5.74, 6) is 0.